The van der Waals surface area contributed by atoms with Gasteiger partial charge in [-0.05, 0) is 18.8 Å². The van der Waals surface area contributed by atoms with Gasteiger partial charge in [-0.2, -0.15) is 0 Å². The molecular formula is C9H17NO3. The number of aliphatic hydroxyl groups excluding tert-OH is 1. The van der Waals surface area contributed by atoms with Crippen molar-refractivity contribution in [3.05, 3.63) is 0 Å². The molecule has 0 aromatic carbocycles. The molecule has 0 spiro atoms. The standard InChI is InChI=1S/C9H17NO3/c1-10(9(12)7-11)6-8-2-4-13-5-3-8/h8,11H,2-7H2,1H3. The lowest BCUT2D eigenvalue weighted by Crippen LogP contribution is -2.35. The molecule has 0 aromatic rings. The normalized spacial score (nSPS) is 18.6. The Bertz CT molecular complexity index is 166. The van der Waals surface area contributed by atoms with E-state index in [9.17, 15) is 4.79 Å². The van der Waals surface area contributed by atoms with Crippen LogP contribution in [0.3, 0.4) is 0 Å². The molecule has 13 heavy (non-hydrogen) atoms. The van der Waals surface area contributed by atoms with E-state index in [4.69, 9.17) is 9.84 Å². The van der Waals surface area contributed by atoms with Crippen LogP contribution in [0.1, 0.15) is 12.8 Å². The van der Waals surface area contributed by atoms with Crippen molar-refractivity contribution in [3.63, 3.8) is 0 Å². The summed E-state index contributed by atoms with van der Waals surface area (Å²) >= 11 is 0. The monoisotopic (exact) mass is 187 g/mol. The molecular weight excluding hydrogens is 170 g/mol. The van der Waals surface area contributed by atoms with Crippen LogP contribution in [0.4, 0.5) is 0 Å². The SMILES string of the molecule is CN(CC1CCOCC1)C(=O)CO. The third-order valence-electron chi connectivity index (χ3n) is 2.43. The van der Waals surface area contributed by atoms with Crippen LogP contribution >= 0.6 is 0 Å². The fourth-order valence-electron chi connectivity index (χ4n) is 1.54. The van der Waals surface area contributed by atoms with Crippen molar-refractivity contribution >= 4 is 5.91 Å². The average molecular weight is 187 g/mol. The fourth-order valence-corrected chi connectivity index (χ4v) is 1.54. The van der Waals surface area contributed by atoms with Crippen LogP contribution in [0.15, 0.2) is 0 Å². The number of ether oxygens (including phenoxy) is 1. The Kier molecular flexibility index (Phi) is 4.18. The van der Waals surface area contributed by atoms with Gasteiger partial charge in [-0.25, -0.2) is 0 Å². The van der Waals surface area contributed by atoms with E-state index in [-0.39, 0.29) is 12.5 Å². The molecule has 1 amide bonds. The molecule has 0 aliphatic carbocycles. The number of likely N-dealkylation sites (N-methyl/N-ethyl adjacent to an activating group) is 1. The molecule has 0 atom stereocenters. The largest absolute Gasteiger partial charge is 0.387 e. The number of nitrogens with zero attached hydrogens (tertiary/aromatic N) is 1. The number of aliphatic hydroxyl groups is 1. The van der Waals surface area contributed by atoms with Crippen molar-refractivity contribution in [2.45, 2.75) is 12.8 Å². The lowest BCUT2D eigenvalue weighted by molar-refractivity contribution is -0.133. The van der Waals surface area contributed by atoms with Gasteiger partial charge >= 0.3 is 0 Å². The van der Waals surface area contributed by atoms with Crippen molar-refractivity contribution in [2.24, 2.45) is 5.92 Å². The Morgan fingerprint density at radius 2 is 2.15 bits per heavy atom. The highest BCUT2D eigenvalue weighted by Crippen LogP contribution is 2.15. The first-order valence-corrected chi connectivity index (χ1v) is 4.66. The number of hydrogen-bond donors (Lipinski definition) is 1. The Labute approximate surface area is 78.5 Å². The van der Waals surface area contributed by atoms with Crippen LogP contribution in [0.25, 0.3) is 0 Å². The summed E-state index contributed by atoms with van der Waals surface area (Å²) in [5, 5.41) is 8.62. The molecule has 4 nitrogen and oxygen atoms in total. The van der Waals surface area contributed by atoms with Crippen LogP contribution in [0.2, 0.25) is 0 Å². The van der Waals surface area contributed by atoms with Gasteiger partial charge in [-0.1, -0.05) is 0 Å². The third kappa shape index (κ3) is 3.32. The zero-order valence-corrected chi connectivity index (χ0v) is 8.03. The second-order valence-electron chi connectivity index (χ2n) is 3.49. The highest BCUT2D eigenvalue weighted by molar-refractivity contribution is 5.76. The van der Waals surface area contributed by atoms with E-state index in [0.717, 1.165) is 32.6 Å². The molecule has 1 heterocycles. The number of carbonyl (C=O) groups is 1. The van der Waals surface area contributed by atoms with Gasteiger partial charge in [0.05, 0.1) is 0 Å². The Balaban J connectivity index is 2.25. The average Bonchev–Trinajstić information content (AvgIpc) is 2.18. The summed E-state index contributed by atoms with van der Waals surface area (Å²) in [6.07, 6.45) is 2.03. The Morgan fingerprint density at radius 1 is 1.54 bits per heavy atom. The molecule has 1 saturated heterocycles. The van der Waals surface area contributed by atoms with Gasteiger partial charge in [0.1, 0.15) is 6.61 Å². The van der Waals surface area contributed by atoms with E-state index in [2.05, 4.69) is 0 Å². The minimum atomic E-state index is -0.389. The summed E-state index contributed by atoms with van der Waals surface area (Å²) in [6.45, 7) is 1.94. The van der Waals surface area contributed by atoms with Crippen molar-refractivity contribution in [3.8, 4) is 0 Å². The highest BCUT2D eigenvalue weighted by Gasteiger charge is 2.17. The van der Waals surface area contributed by atoms with Crippen molar-refractivity contribution in [1.29, 1.82) is 0 Å². The Hall–Kier alpha value is -0.610. The van der Waals surface area contributed by atoms with E-state index in [1.165, 1.54) is 0 Å². The molecule has 0 unspecified atom stereocenters. The van der Waals surface area contributed by atoms with E-state index < -0.39 is 0 Å². The van der Waals surface area contributed by atoms with Crippen molar-refractivity contribution in [2.75, 3.05) is 33.4 Å². The maximum atomic E-state index is 11.0. The summed E-state index contributed by atoms with van der Waals surface area (Å²) in [5.41, 5.74) is 0. The van der Waals surface area contributed by atoms with Gasteiger partial charge in [0.15, 0.2) is 0 Å². The predicted molar refractivity (Wildman–Crippen MR) is 48.3 cm³/mol. The zero-order valence-electron chi connectivity index (χ0n) is 8.03. The molecule has 1 aliphatic rings. The first-order valence-electron chi connectivity index (χ1n) is 4.66. The second-order valence-corrected chi connectivity index (χ2v) is 3.49. The number of carbonyl (C=O) groups excluding carboxylic acids is 1. The molecule has 1 rings (SSSR count). The van der Waals surface area contributed by atoms with Gasteiger partial charge in [0.2, 0.25) is 5.91 Å². The van der Waals surface area contributed by atoms with Crippen LogP contribution in [0.5, 0.6) is 0 Å². The summed E-state index contributed by atoms with van der Waals surface area (Å²) < 4.78 is 5.22. The fraction of sp³-hybridized carbons (Fsp3) is 0.889. The molecule has 76 valence electrons. The maximum absolute atomic E-state index is 11.0. The molecule has 1 aliphatic heterocycles. The zero-order chi connectivity index (χ0) is 9.68. The second kappa shape index (κ2) is 5.19. The number of amides is 1. The van der Waals surface area contributed by atoms with Crippen LogP contribution in [-0.4, -0.2) is 49.3 Å². The molecule has 0 bridgehead atoms. The topological polar surface area (TPSA) is 49.8 Å². The van der Waals surface area contributed by atoms with Crippen LogP contribution < -0.4 is 0 Å². The minimum Gasteiger partial charge on any atom is -0.387 e. The lowest BCUT2D eigenvalue weighted by atomic mass is 10.00. The van der Waals surface area contributed by atoms with E-state index in [1.54, 1.807) is 11.9 Å². The van der Waals surface area contributed by atoms with Crippen LogP contribution in [0, 0.1) is 5.92 Å². The van der Waals surface area contributed by atoms with Gasteiger partial charge in [0.25, 0.3) is 0 Å². The Morgan fingerprint density at radius 3 is 2.69 bits per heavy atom. The predicted octanol–water partition coefficient (Wildman–Crippen LogP) is -0.136. The smallest absolute Gasteiger partial charge is 0.248 e. The van der Waals surface area contributed by atoms with E-state index in [0.29, 0.717) is 5.92 Å². The van der Waals surface area contributed by atoms with E-state index >= 15 is 0 Å². The number of hydrogen-bond acceptors (Lipinski definition) is 3. The minimum absolute atomic E-state index is 0.202. The quantitative estimate of drug-likeness (QED) is 0.669. The van der Waals surface area contributed by atoms with E-state index in [1.807, 2.05) is 0 Å². The first-order chi connectivity index (χ1) is 6.24. The van der Waals surface area contributed by atoms with Gasteiger partial charge in [0, 0.05) is 26.8 Å². The summed E-state index contributed by atoms with van der Waals surface area (Å²) in [5.74, 6) is 0.334. The first kappa shape index (κ1) is 10.5. The molecule has 4 heteroatoms. The van der Waals surface area contributed by atoms with Gasteiger partial charge in [-0.3, -0.25) is 4.79 Å². The van der Waals surface area contributed by atoms with Gasteiger partial charge in [-0.15, -0.1) is 0 Å². The maximum Gasteiger partial charge on any atom is 0.248 e. The van der Waals surface area contributed by atoms with Gasteiger partial charge < -0.3 is 14.7 Å². The molecule has 1 N–H and O–H groups in total. The molecule has 0 radical (unpaired) electrons. The third-order valence-corrected chi connectivity index (χ3v) is 2.43. The number of rotatable bonds is 3. The van der Waals surface area contributed by atoms with Crippen LogP contribution in [-0.2, 0) is 9.53 Å². The van der Waals surface area contributed by atoms with Crippen molar-refractivity contribution in [1.82, 2.24) is 4.90 Å². The molecule has 0 saturated carbocycles. The summed E-state index contributed by atoms with van der Waals surface area (Å²) in [6, 6.07) is 0. The summed E-state index contributed by atoms with van der Waals surface area (Å²) in [4.78, 5) is 12.6. The van der Waals surface area contributed by atoms with Crippen molar-refractivity contribution < 1.29 is 14.6 Å². The lowest BCUT2D eigenvalue weighted by Gasteiger charge is -2.26. The highest BCUT2D eigenvalue weighted by atomic mass is 16.5. The summed E-state index contributed by atoms with van der Waals surface area (Å²) in [7, 11) is 1.73. The molecule has 1 fully saturated rings. The molecule has 0 aromatic heterocycles.